The van der Waals surface area contributed by atoms with Crippen LogP contribution >= 0.6 is 19.4 Å². The van der Waals surface area contributed by atoms with Gasteiger partial charge in [-0.1, -0.05) is 13.8 Å². The molecule has 0 saturated carbocycles. The Labute approximate surface area is 99.0 Å². The number of ether oxygens (including phenoxy) is 2. The summed E-state index contributed by atoms with van der Waals surface area (Å²) in [6.07, 6.45) is -0.698. The molecule has 2 aliphatic heterocycles. The predicted molar refractivity (Wildman–Crippen MR) is 61.8 cm³/mol. The molecular formula is C9H17O5PS. The van der Waals surface area contributed by atoms with E-state index >= 15 is 0 Å². The maximum absolute atomic E-state index is 10.9. The molecule has 5 nitrogen and oxygen atoms in total. The van der Waals surface area contributed by atoms with Gasteiger partial charge in [0.1, 0.15) is 0 Å². The van der Waals surface area contributed by atoms with Crippen LogP contribution in [-0.2, 0) is 14.0 Å². The molecular weight excluding hydrogens is 251 g/mol. The van der Waals surface area contributed by atoms with Crippen LogP contribution in [0, 0.1) is 0 Å². The molecule has 5 atom stereocenters. The van der Waals surface area contributed by atoms with E-state index in [4.69, 9.17) is 19.3 Å². The van der Waals surface area contributed by atoms with Crippen LogP contribution in [0.15, 0.2) is 0 Å². The summed E-state index contributed by atoms with van der Waals surface area (Å²) in [7, 11) is -4.02. The molecule has 0 aromatic rings. The molecule has 94 valence electrons. The van der Waals surface area contributed by atoms with Gasteiger partial charge in [-0.3, -0.25) is 4.57 Å². The Bertz CT molecular complexity index is 306. The second-order valence-corrected chi connectivity index (χ2v) is 7.87. The molecule has 0 amide bonds. The maximum atomic E-state index is 10.9. The van der Waals surface area contributed by atoms with Gasteiger partial charge in [0.15, 0.2) is 0 Å². The monoisotopic (exact) mass is 268 g/mol. The third kappa shape index (κ3) is 2.81. The van der Waals surface area contributed by atoms with E-state index in [1.54, 1.807) is 11.8 Å². The fourth-order valence-corrected chi connectivity index (χ4v) is 4.45. The van der Waals surface area contributed by atoms with E-state index in [0.717, 1.165) is 0 Å². The van der Waals surface area contributed by atoms with Gasteiger partial charge in [-0.15, -0.1) is 0 Å². The van der Waals surface area contributed by atoms with Crippen molar-refractivity contribution in [3.05, 3.63) is 0 Å². The second kappa shape index (κ2) is 4.59. The first kappa shape index (κ1) is 12.9. The average molecular weight is 268 g/mol. The van der Waals surface area contributed by atoms with Crippen molar-refractivity contribution < 1.29 is 23.8 Å². The smallest absolute Gasteiger partial charge is 0.328 e. The van der Waals surface area contributed by atoms with E-state index in [9.17, 15) is 4.57 Å². The fraction of sp³-hybridized carbons (Fsp3) is 1.00. The minimum absolute atomic E-state index is 0.0368. The van der Waals surface area contributed by atoms with Crippen molar-refractivity contribution in [2.75, 3.05) is 12.8 Å². The summed E-state index contributed by atoms with van der Waals surface area (Å²) in [6.45, 7) is 4.44. The number of thioether (sulfide) groups is 1. The minimum Gasteiger partial charge on any atom is -0.372 e. The van der Waals surface area contributed by atoms with Gasteiger partial charge in [-0.25, -0.2) is 0 Å². The first-order valence-corrected chi connectivity index (χ1v) is 8.08. The van der Waals surface area contributed by atoms with Crippen LogP contribution in [0.5, 0.6) is 0 Å². The Morgan fingerprint density at radius 3 is 2.56 bits per heavy atom. The lowest BCUT2D eigenvalue weighted by atomic mass is 10.1. The Morgan fingerprint density at radius 2 is 1.94 bits per heavy atom. The summed E-state index contributed by atoms with van der Waals surface area (Å²) in [5.41, 5.74) is 0. The molecule has 0 aromatic heterocycles. The van der Waals surface area contributed by atoms with E-state index in [1.807, 2.05) is 0 Å². The van der Waals surface area contributed by atoms with Crippen molar-refractivity contribution in [2.45, 2.75) is 42.7 Å². The second-order valence-electron chi connectivity index (χ2n) is 4.41. The van der Waals surface area contributed by atoms with Crippen LogP contribution in [0.25, 0.3) is 0 Å². The number of rotatable bonds is 2. The highest BCUT2D eigenvalue weighted by atomic mass is 32.2. The highest BCUT2D eigenvalue weighted by molar-refractivity contribution is 8.00. The summed E-state index contributed by atoms with van der Waals surface area (Å²) in [5.74, 6) is 0. The SMILES string of the molecule is CC1SC(C)C2OC(CP(=O)(O)O)COC12. The van der Waals surface area contributed by atoms with Gasteiger partial charge in [-0.2, -0.15) is 11.8 Å². The van der Waals surface area contributed by atoms with Crippen LogP contribution in [0.2, 0.25) is 0 Å². The van der Waals surface area contributed by atoms with Crippen molar-refractivity contribution in [3.63, 3.8) is 0 Å². The van der Waals surface area contributed by atoms with Crippen molar-refractivity contribution >= 4 is 19.4 Å². The van der Waals surface area contributed by atoms with Gasteiger partial charge in [-0.05, 0) is 0 Å². The molecule has 0 spiro atoms. The quantitative estimate of drug-likeness (QED) is 0.723. The first-order chi connectivity index (χ1) is 7.37. The van der Waals surface area contributed by atoms with E-state index < -0.39 is 13.7 Å². The molecule has 2 N–H and O–H groups in total. The van der Waals surface area contributed by atoms with E-state index in [1.165, 1.54) is 0 Å². The van der Waals surface area contributed by atoms with Crippen LogP contribution in [-0.4, -0.2) is 51.4 Å². The summed E-state index contributed by atoms with van der Waals surface area (Å²) in [6, 6.07) is 0. The summed E-state index contributed by atoms with van der Waals surface area (Å²) < 4.78 is 22.3. The lowest BCUT2D eigenvalue weighted by Crippen LogP contribution is -2.47. The lowest BCUT2D eigenvalue weighted by molar-refractivity contribution is -0.165. The summed E-state index contributed by atoms with van der Waals surface area (Å²) >= 11 is 1.80. The maximum Gasteiger partial charge on any atom is 0.328 e. The zero-order valence-electron chi connectivity index (χ0n) is 9.28. The summed E-state index contributed by atoms with van der Waals surface area (Å²) in [4.78, 5) is 17.8. The van der Waals surface area contributed by atoms with Crippen molar-refractivity contribution in [1.82, 2.24) is 0 Å². The van der Waals surface area contributed by atoms with Gasteiger partial charge in [0, 0.05) is 10.5 Å². The lowest BCUT2D eigenvalue weighted by Gasteiger charge is -2.35. The average Bonchev–Trinajstić information content (AvgIpc) is 2.40. The fourth-order valence-electron chi connectivity index (χ4n) is 2.29. The molecule has 7 heteroatoms. The molecule has 2 fully saturated rings. The summed E-state index contributed by atoms with van der Waals surface area (Å²) in [5, 5.41) is 0.704. The van der Waals surface area contributed by atoms with Crippen molar-refractivity contribution in [3.8, 4) is 0 Å². The molecule has 0 aromatic carbocycles. The molecule has 0 bridgehead atoms. The number of fused-ring (bicyclic) bond motifs is 1. The Kier molecular flexibility index (Phi) is 3.69. The van der Waals surface area contributed by atoms with Gasteiger partial charge in [0.05, 0.1) is 31.1 Å². The van der Waals surface area contributed by atoms with Crippen LogP contribution in [0.4, 0.5) is 0 Å². The molecule has 2 heterocycles. The standard InChI is InChI=1S/C9H17O5PS/c1-5-8-9(6(2)16-5)14-7(3-13-8)4-15(10,11)12/h5-9H,3-4H2,1-2H3,(H2,10,11,12). The van der Waals surface area contributed by atoms with Gasteiger partial charge in [0.2, 0.25) is 0 Å². The largest absolute Gasteiger partial charge is 0.372 e. The van der Waals surface area contributed by atoms with E-state index in [2.05, 4.69) is 13.8 Å². The topological polar surface area (TPSA) is 76.0 Å². The highest BCUT2D eigenvalue weighted by Gasteiger charge is 2.46. The molecule has 16 heavy (non-hydrogen) atoms. The number of hydrogen-bond acceptors (Lipinski definition) is 4. The zero-order chi connectivity index (χ0) is 11.9. The molecule has 2 saturated heterocycles. The molecule has 2 rings (SSSR count). The molecule has 0 aliphatic carbocycles. The van der Waals surface area contributed by atoms with Gasteiger partial charge < -0.3 is 19.3 Å². The Hall–Kier alpha value is 0.420. The number of hydrogen-bond donors (Lipinski definition) is 2. The van der Waals surface area contributed by atoms with Crippen LogP contribution in [0.3, 0.4) is 0 Å². The Balaban J connectivity index is 1.97. The van der Waals surface area contributed by atoms with Crippen molar-refractivity contribution in [2.24, 2.45) is 0 Å². The van der Waals surface area contributed by atoms with E-state index in [0.29, 0.717) is 10.5 Å². The molecule has 0 radical (unpaired) electrons. The van der Waals surface area contributed by atoms with Gasteiger partial charge >= 0.3 is 7.60 Å². The minimum atomic E-state index is -4.02. The van der Waals surface area contributed by atoms with Gasteiger partial charge in [0.25, 0.3) is 0 Å². The zero-order valence-corrected chi connectivity index (χ0v) is 11.0. The van der Waals surface area contributed by atoms with Crippen LogP contribution < -0.4 is 0 Å². The third-order valence-corrected chi connectivity index (χ3v) is 5.22. The Morgan fingerprint density at radius 1 is 1.31 bits per heavy atom. The molecule has 5 unspecified atom stereocenters. The predicted octanol–water partition coefficient (Wildman–Crippen LogP) is 0.840. The normalized spacial score (nSPS) is 44.4. The first-order valence-electron chi connectivity index (χ1n) is 5.34. The van der Waals surface area contributed by atoms with E-state index in [-0.39, 0.29) is 25.0 Å². The van der Waals surface area contributed by atoms with Crippen molar-refractivity contribution in [1.29, 1.82) is 0 Å². The highest BCUT2D eigenvalue weighted by Crippen LogP contribution is 2.43. The third-order valence-electron chi connectivity index (χ3n) is 2.94. The molecule has 2 aliphatic rings. The van der Waals surface area contributed by atoms with Crippen LogP contribution in [0.1, 0.15) is 13.8 Å².